The highest BCUT2D eigenvalue weighted by Gasteiger charge is 2.12. The highest BCUT2D eigenvalue weighted by molar-refractivity contribution is 6.25. The van der Waals surface area contributed by atoms with Gasteiger partial charge < -0.3 is 10.1 Å². The van der Waals surface area contributed by atoms with E-state index in [1.807, 2.05) is 6.92 Å². The molecule has 5 heteroatoms. The van der Waals surface area contributed by atoms with Crippen molar-refractivity contribution in [2.75, 3.05) is 13.2 Å². The minimum atomic E-state index is -0.703. The van der Waals surface area contributed by atoms with Gasteiger partial charge in [-0.25, -0.2) is 8.78 Å². The first-order valence-electron chi connectivity index (χ1n) is 5.75. The van der Waals surface area contributed by atoms with E-state index in [1.54, 1.807) is 0 Å². The second kappa shape index (κ2) is 8.06. The molecule has 0 atom stereocenters. The summed E-state index contributed by atoms with van der Waals surface area (Å²) in [6.45, 7) is 3.30. The zero-order valence-corrected chi connectivity index (χ0v) is 10.9. The lowest BCUT2D eigenvalue weighted by molar-refractivity contribution is 0.320. The summed E-state index contributed by atoms with van der Waals surface area (Å²) in [5.74, 6) is -1.78. The monoisotopic (exact) mass is 275 g/mol. The van der Waals surface area contributed by atoms with Crippen LogP contribution in [-0.4, -0.2) is 13.2 Å². The molecule has 0 aliphatic rings. The lowest BCUT2D eigenvalue weighted by Gasteiger charge is -2.09. The number of hydrogen-bond acceptors (Lipinski definition) is 2. The summed E-state index contributed by atoms with van der Waals surface area (Å²) in [6, 6.07) is 2.54. The van der Waals surface area contributed by atoms with Crippen LogP contribution in [0.25, 0.3) is 0 Å². The fourth-order valence-electron chi connectivity index (χ4n) is 1.43. The molecule has 0 unspecified atom stereocenters. The minimum Gasteiger partial charge on any atom is -0.483 e. The highest BCUT2D eigenvalue weighted by Crippen LogP contribution is 2.23. The predicted octanol–water partition coefficient (Wildman–Crippen LogP) is 3.60. The van der Waals surface area contributed by atoms with Crippen molar-refractivity contribution in [2.24, 2.45) is 0 Å². The van der Waals surface area contributed by atoms with Gasteiger partial charge in [-0.3, -0.25) is 0 Å². The van der Waals surface area contributed by atoms with Gasteiger partial charge in [0.05, 0.1) is 0 Å². The normalized spacial score (nSPS) is 11.1. The van der Waals surface area contributed by atoms with Crippen molar-refractivity contribution in [3.8, 4) is 5.75 Å². The Hall–Kier alpha value is -1.13. The van der Waals surface area contributed by atoms with Crippen molar-refractivity contribution >= 4 is 11.6 Å². The largest absolute Gasteiger partial charge is 0.483 e. The molecule has 1 N–H and O–H groups in total. The van der Waals surface area contributed by atoms with Crippen LogP contribution < -0.4 is 10.1 Å². The Morgan fingerprint density at radius 1 is 1.33 bits per heavy atom. The molecule has 0 aromatic heterocycles. The molecule has 1 rings (SSSR count). The molecule has 0 amide bonds. The first-order valence-corrected chi connectivity index (χ1v) is 6.19. The fourth-order valence-corrected chi connectivity index (χ4v) is 1.50. The van der Waals surface area contributed by atoms with Crippen LogP contribution in [0.3, 0.4) is 0 Å². The van der Waals surface area contributed by atoms with Gasteiger partial charge >= 0.3 is 0 Å². The molecule has 0 saturated carbocycles. The summed E-state index contributed by atoms with van der Waals surface area (Å²) < 4.78 is 32.1. The average Bonchev–Trinajstić information content (AvgIpc) is 2.33. The molecule has 1 aromatic carbocycles. The Kier molecular flexibility index (Phi) is 6.68. The van der Waals surface area contributed by atoms with E-state index in [9.17, 15) is 8.78 Å². The van der Waals surface area contributed by atoms with Gasteiger partial charge in [-0.15, -0.1) is 0 Å². The van der Waals surface area contributed by atoms with Gasteiger partial charge in [0.25, 0.3) is 0 Å². The molecular weight excluding hydrogens is 260 g/mol. The summed E-state index contributed by atoms with van der Waals surface area (Å²) >= 11 is 5.29. The van der Waals surface area contributed by atoms with E-state index in [2.05, 4.69) is 5.32 Å². The van der Waals surface area contributed by atoms with Crippen LogP contribution in [0.15, 0.2) is 23.7 Å². The van der Waals surface area contributed by atoms with Gasteiger partial charge in [-0.05, 0) is 36.7 Å². The second-order valence-corrected chi connectivity index (χ2v) is 3.99. The number of nitrogens with one attached hydrogen (secondary N) is 1. The molecular formula is C13H16ClF2NO. The zero-order chi connectivity index (χ0) is 13.4. The van der Waals surface area contributed by atoms with Crippen molar-refractivity contribution in [3.05, 3.63) is 40.9 Å². The maximum absolute atomic E-state index is 13.6. The molecule has 0 aliphatic heterocycles. The Morgan fingerprint density at radius 3 is 2.56 bits per heavy atom. The van der Waals surface area contributed by atoms with E-state index in [-0.39, 0.29) is 12.4 Å². The third kappa shape index (κ3) is 4.63. The molecule has 0 fully saturated rings. The van der Waals surface area contributed by atoms with Gasteiger partial charge in [0.2, 0.25) is 0 Å². The molecule has 0 aliphatic carbocycles. The average molecular weight is 276 g/mol. The third-order valence-electron chi connectivity index (χ3n) is 2.23. The maximum Gasteiger partial charge on any atom is 0.191 e. The van der Waals surface area contributed by atoms with Gasteiger partial charge in [-0.2, -0.15) is 0 Å². The van der Waals surface area contributed by atoms with Crippen molar-refractivity contribution < 1.29 is 13.5 Å². The van der Waals surface area contributed by atoms with Gasteiger partial charge in [0.15, 0.2) is 17.4 Å². The fraction of sp³-hybridized carbons (Fsp3) is 0.385. The number of benzene rings is 1. The van der Waals surface area contributed by atoms with E-state index in [4.69, 9.17) is 16.3 Å². The molecule has 18 heavy (non-hydrogen) atoms. The lowest BCUT2D eigenvalue weighted by Crippen LogP contribution is -2.14. The number of hydrogen-bond donors (Lipinski definition) is 1. The van der Waals surface area contributed by atoms with Crippen molar-refractivity contribution in [1.82, 2.24) is 5.32 Å². The quantitative estimate of drug-likeness (QED) is 0.768. The minimum absolute atomic E-state index is 0.0325. The molecule has 1 aromatic rings. The van der Waals surface area contributed by atoms with E-state index in [1.165, 1.54) is 23.7 Å². The first kappa shape index (κ1) is 14.9. The molecule has 0 saturated heterocycles. The van der Waals surface area contributed by atoms with Gasteiger partial charge in [0.1, 0.15) is 6.61 Å². The Bertz CT molecular complexity index is 387. The number of halogens is 3. The van der Waals surface area contributed by atoms with E-state index in [0.29, 0.717) is 12.1 Å². The van der Waals surface area contributed by atoms with E-state index in [0.717, 1.165) is 13.0 Å². The van der Waals surface area contributed by atoms with Crippen molar-refractivity contribution in [1.29, 1.82) is 0 Å². The Balaban J connectivity index is 2.70. The molecule has 100 valence electrons. The van der Waals surface area contributed by atoms with Crippen LogP contribution in [-0.2, 0) is 6.54 Å². The highest BCUT2D eigenvalue weighted by atomic mass is 35.5. The third-order valence-corrected chi connectivity index (χ3v) is 2.41. The molecule has 0 heterocycles. The smallest absolute Gasteiger partial charge is 0.191 e. The SMILES string of the molecule is CCCNCc1cc(F)c(OCC=CCl)c(F)c1. The van der Waals surface area contributed by atoms with E-state index >= 15 is 0 Å². The van der Waals surface area contributed by atoms with Gasteiger partial charge in [0, 0.05) is 12.1 Å². The second-order valence-electron chi connectivity index (χ2n) is 3.74. The first-order chi connectivity index (χ1) is 8.69. The van der Waals surface area contributed by atoms with Crippen LogP contribution >= 0.6 is 11.6 Å². The standard InChI is InChI=1S/C13H16ClF2NO/c1-2-5-17-9-10-7-11(15)13(12(16)8-10)18-6-3-4-14/h3-4,7-8,17H,2,5-6,9H2,1H3. The Morgan fingerprint density at radius 2 is 2.00 bits per heavy atom. The topological polar surface area (TPSA) is 21.3 Å². The molecule has 2 nitrogen and oxygen atoms in total. The number of rotatable bonds is 7. The van der Waals surface area contributed by atoms with Gasteiger partial charge in [-0.1, -0.05) is 18.5 Å². The zero-order valence-electron chi connectivity index (χ0n) is 10.2. The van der Waals surface area contributed by atoms with E-state index < -0.39 is 11.6 Å². The predicted molar refractivity (Wildman–Crippen MR) is 68.8 cm³/mol. The maximum atomic E-state index is 13.6. The molecule has 0 bridgehead atoms. The van der Waals surface area contributed by atoms with Crippen LogP contribution in [0.1, 0.15) is 18.9 Å². The van der Waals surface area contributed by atoms with Crippen LogP contribution in [0.5, 0.6) is 5.75 Å². The molecule has 0 spiro atoms. The van der Waals surface area contributed by atoms with Crippen molar-refractivity contribution in [2.45, 2.75) is 19.9 Å². The summed E-state index contributed by atoms with van der Waals surface area (Å²) in [6.07, 6.45) is 2.42. The number of ether oxygens (including phenoxy) is 1. The summed E-state index contributed by atoms with van der Waals surface area (Å²) in [5.41, 5.74) is 1.79. The Labute approximate surface area is 111 Å². The van der Waals surface area contributed by atoms with Crippen LogP contribution in [0.4, 0.5) is 8.78 Å². The van der Waals surface area contributed by atoms with Crippen molar-refractivity contribution in [3.63, 3.8) is 0 Å². The lowest BCUT2D eigenvalue weighted by atomic mass is 10.2. The van der Waals surface area contributed by atoms with Crippen LogP contribution in [0.2, 0.25) is 0 Å². The summed E-state index contributed by atoms with van der Waals surface area (Å²) in [4.78, 5) is 0. The summed E-state index contributed by atoms with van der Waals surface area (Å²) in [7, 11) is 0. The molecule has 0 radical (unpaired) electrons. The summed E-state index contributed by atoms with van der Waals surface area (Å²) in [5, 5.41) is 3.07. The van der Waals surface area contributed by atoms with Crippen LogP contribution in [0, 0.1) is 11.6 Å².